The Balaban J connectivity index is 1.90. The maximum Gasteiger partial charge on any atom is 0.185 e. The van der Waals surface area contributed by atoms with Crippen molar-refractivity contribution in [3.05, 3.63) is 58.3 Å². The largest absolute Gasteiger partial charge is 0.390 e. The predicted molar refractivity (Wildman–Crippen MR) is 108 cm³/mol. The monoisotopic (exact) mass is 365 g/mol. The number of carbonyl (C=O) groups is 2. The zero-order valence-electron chi connectivity index (χ0n) is 16.5. The smallest absolute Gasteiger partial charge is 0.185 e. The van der Waals surface area contributed by atoms with E-state index in [0.29, 0.717) is 48.0 Å². The summed E-state index contributed by atoms with van der Waals surface area (Å²) in [4.78, 5) is 29.0. The summed E-state index contributed by atoms with van der Waals surface area (Å²) in [6.45, 7) is 6.90. The number of aryl methyl sites for hydroxylation is 1. The van der Waals surface area contributed by atoms with Crippen LogP contribution in [-0.4, -0.2) is 27.3 Å². The van der Waals surface area contributed by atoms with Crippen LogP contribution < -0.4 is 0 Å². The normalized spacial score (nSPS) is 16.0. The number of aromatic nitrogens is 1. The Labute approximate surface area is 160 Å². The molecule has 2 aromatic rings. The molecule has 0 saturated heterocycles. The third-order valence-electron chi connectivity index (χ3n) is 5.46. The van der Waals surface area contributed by atoms with E-state index in [4.69, 9.17) is 0 Å². The lowest BCUT2D eigenvalue weighted by Crippen LogP contribution is -2.25. The Morgan fingerprint density at radius 2 is 1.52 bits per heavy atom. The van der Waals surface area contributed by atoms with Crippen molar-refractivity contribution in [2.75, 3.05) is 0 Å². The second-order valence-corrected chi connectivity index (χ2v) is 8.04. The van der Waals surface area contributed by atoms with E-state index in [0.717, 1.165) is 16.5 Å². The highest BCUT2D eigenvalue weighted by atomic mass is 16.3. The van der Waals surface area contributed by atoms with E-state index in [-0.39, 0.29) is 11.6 Å². The standard InChI is InChI=1S/C23H27NO3/c1-14-15(2)22(26)19(11-12-23(3,4)27)18(21(14)25)10-9-16-13-24-20-8-6-5-7-17(16)20/h5-8,13,24,27H,9-12H2,1-4H3. The first kappa shape index (κ1) is 19.3. The number of carbonyl (C=O) groups excluding carboxylic acids is 2. The van der Waals surface area contributed by atoms with Gasteiger partial charge in [0.25, 0.3) is 0 Å². The first-order chi connectivity index (χ1) is 12.7. The molecule has 1 heterocycles. The maximum atomic E-state index is 12.9. The summed E-state index contributed by atoms with van der Waals surface area (Å²) >= 11 is 0. The molecular weight excluding hydrogens is 338 g/mol. The number of allylic oxidation sites excluding steroid dienone is 4. The van der Waals surface area contributed by atoms with Gasteiger partial charge in [0, 0.05) is 39.4 Å². The molecule has 3 rings (SSSR count). The predicted octanol–water partition coefficient (Wildman–Crippen LogP) is 4.44. The van der Waals surface area contributed by atoms with Crippen LogP contribution >= 0.6 is 0 Å². The minimum atomic E-state index is -0.873. The number of aromatic amines is 1. The molecule has 1 aliphatic carbocycles. The number of Topliss-reactive ketones (excluding diaryl/α,β-unsaturated/α-hetero) is 2. The van der Waals surface area contributed by atoms with Crippen molar-refractivity contribution in [1.29, 1.82) is 0 Å². The maximum absolute atomic E-state index is 12.9. The SMILES string of the molecule is CC1=C(C)C(=O)C(CCC(C)(C)O)=C(CCc2c[nH]c3ccccc23)C1=O. The van der Waals surface area contributed by atoms with Crippen LogP contribution in [-0.2, 0) is 16.0 Å². The zero-order valence-corrected chi connectivity index (χ0v) is 16.5. The van der Waals surface area contributed by atoms with Gasteiger partial charge in [-0.3, -0.25) is 9.59 Å². The van der Waals surface area contributed by atoms with Gasteiger partial charge in [0.1, 0.15) is 0 Å². The molecule has 0 saturated carbocycles. The molecule has 1 aliphatic rings. The van der Waals surface area contributed by atoms with E-state index in [1.807, 2.05) is 24.4 Å². The number of rotatable bonds is 6. The van der Waals surface area contributed by atoms with E-state index in [9.17, 15) is 14.7 Å². The Bertz CT molecular complexity index is 967. The Morgan fingerprint density at radius 3 is 2.15 bits per heavy atom. The molecule has 0 aliphatic heterocycles. The Hall–Kier alpha value is -2.46. The summed E-state index contributed by atoms with van der Waals surface area (Å²) in [6.07, 6.45) is 4.06. The van der Waals surface area contributed by atoms with E-state index in [2.05, 4.69) is 11.1 Å². The summed E-state index contributed by atoms with van der Waals surface area (Å²) in [6, 6.07) is 8.08. The number of benzene rings is 1. The second-order valence-electron chi connectivity index (χ2n) is 8.04. The van der Waals surface area contributed by atoms with Gasteiger partial charge in [-0.2, -0.15) is 0 Å². The van der Waals surface area contributed by atoms with Gasteiger partial charge in [-0.25, -0.2) is 0 Å². The number of hydrogen-bond donors (Lipinski definition) is 2. The lowest BCUT2D eigenvalue weighted by Gasteiger charge is -2.23. The van der Waals surface area contributed by atoms with Gasteiger partial charge < -0.3 is 10.1 Å². The van der Waals surface area contributed by atoms with Gasteiger partial charge in [-0.05, 0) is 65.0 Å². The molecule has 0 radical (unpaired) electrons. The molecule has 0 bridgehead atoms. The average molecular weight is 365 g/mol. The summed E-state index contributed by atoms with van der Waals surface area (Å²) in [7, 11) is 0. The summed E-state index contributed by atoms with van der Waals surface area (Å²) in [5.41, 5.74) is 3.60. The van der Waals surface area contributed by atoms with E-state index < -0.39 is 5.60 Å². The molecule has 1 aromatic heterocycles. The summed E-state index contributed by atoms with van der Waals surface area (Å²) in [5, 5.41) is 11.2. The molecule has 142 valence electrons. The van der Waals surface area contributed by atoms with Crippen LogP contribution in [0.5, 0.6) is 0 Å². The minimum absolute atomic E-state index is 0.0299. The highest BCUT2D eigenvalue weighted by Gasteiger charge is 2.30. The molecule has 4 nitrogen and oxygen atoms in total. The fourth-order valence-electron chi connectivity index (χ4n) is 3.63. The zero-order chi connectivity index (χ0) is 19.8. The average Bonchev–Trinajstić information content (AvgIpc) is 3.03. The quantitative estimate of drug-likeness (QED) is 0.744. The van der Waals surface area contributed by atoms with Gasteiger partial charge in [0.05, 0.1) is 5.60 Å². The number of fused-ring (bicyclic) bond motifs is 1. The van der Waals surface area contributed by atoms with Crippen LogP contribution in [0.1, 0.15) is 52.5 Å². The Morgan fingerprint density at radius 1 is 0.926 bits per heavy atom. The number of H-pyrrole nitrogens is 1. The third-order valence-corrected chi connectivity index (χ3v) is 5.46. The summed E-state index contributed by atoms with van der Waals surface area (Å²) < 4.78 is 0. The van der Waals surface area contributed by atoms with Gasteiger partial charge >= 0.3 is 0 Å². The van der Waals surface area contributed by atoms with E-state index in [1.165, 1.54) is 0 Å². The fraction of sp³-hybridized carbons (Fsp3) is 0.391. The fourth-order valence-corrected chi connectivity index (χ4v) is 3.63. The topological polar surface area (TPSA) is 70.2 Å². The first-order valence-corrected chi connectivity index (χ1v) is 9.45. The first-order valence-electron chi connectivity index (χ1n) is 9.45. The highest BCUT2D eigenvalue weighted by molar-refractivity contribution is 6.24. The Kier molecular flexibility index (Phi) is 5.20. The number of para-hydroxylation sites is 1. The van der Waals surface area contributed by atoms with Crippen molar-refractivity contribution in [3.63, 3.8) is 0 Å². The van der Waals surface area contributed by atoms with Crippen LogP contribution in [0.3, 0.4) is 0 Å². The van der Waals surface area contributed by atoms with Crippen molar-refractivity contribution in [1.82, 2.24) is 4.98 Å². The lowest BCUT2D eigenvalue weighted by atomic mass is 9.80. The minimum Gasteiger partial charge on any atom is -0.390 e. The molecule has 4 heteroatoms. The number of nitrogens with one attached hydrogen (secondary N) is 1. The molecule has 2 N–H and O–H groups in total. The molecule has 0 fully saturated rings. The van der Waals surface area contributed by atoms with Gasteiger partial charge in [0.2, 0.25) is 0 Å². The highest BCUT2D eigenvalue weighted by Crippen LogP contribution is 2.32. The van der Waals surface area contributed by atoms with Crippen LogP contribution in [0.25, 0.3) is 10.9 Å². The van der Waals surface area contributed by atoms with Crippen LogP contribution in [0.15, 0.2) is 52.8 Å². The van der Waals surface area contributed by atoms with Crippen molar-refractivity contribution >= 4 is 22.5 Å². The molecule has 0 amide bonds. The van der Waals surface area contributed by atoms with Crippen molar-refractivity contribution in [2.45, 2.75) is 59.0 Å². The van der Waals surface area contributed by atoms with Gasteiger partial charge in [0.15, 0.2) is 11.6 Å². The van der Waals surface area contributed by atoms with Crippen LogP contribution in [0.4, 0.5) is 0 Å². The molecular formula is C23H27NO3. The van der Waals surface area contributed by atoms with Crippen molar-refractivity contribution in [2.24, 2.45) is 0 Å². The molecule has 27 heavy (non-hydrogen) atoms. The van der Waals surface area contributed by atoms with Crippen LogP contribution in [0, 0.1) is 0 Å². The molecule has 0 unspecified atom stereocenters. The van der Waals surface area contributed by atoms with E-state index >= 15 is 0 Å². The number of aliphatic hydroxyl groups is 1. The van der Waals surface area contributed by atoms with Crippen molar-refractivity contribution < 1.29 is 14.7 Å². The molecule has 1 aromatic carbocycles. The van der Waals surface area contributed by atoms with Gasteiger partial charge in [-0.1, -0.05) is 18.2 Å². The van der Waals surface area contributed by atoms with Crippen LogP contribution in [0.2, 0.25) is 0 Å². The third kappa shape index (κ3) is 3.96. The summed E-state index contributed by atoms with van der Waals surface area (Å²) in [5.74, 6) is -0.0806. The second kappa shape index (κ2) is 7.28. The molecule has 0 spiro atoms. The van der Waals surface area contributed by atoms with Gasteiger partial charge in [-0.15, -0.1) is 0 Å². The van der Waals surface area contributed by atoms with E-state index in [1.54, 1.807) is 27.7 Å². The number of hydrogen-bond acceptors (Lipinski definition) is 3. The lowest BCUT2D eigenvalue weighted by molar-refractivity contribution is -0.116. The number of ketones is 2. The molecule has 0 atom stereocenters. The van der Waals surface area contributed by atoms with Crippen molar-refractivity contribution in [3.8, 4) is 0 Å².